The number of alkyl halides is 3. The zero-order valence-electron chi connectivity index (χ0n) is 13.9. The van der Waals surface area contributed by atoms with Crippen LogP contribution in [-0.4, -0.2) is 25.8 Å². The molecule has 134 valence electrons. The first-order chi connectivity index (χ1) is 11.3. The number of carbonyl (C=O) groups excluding carboxylic acids is 1. The molecule has 24 heavy (non-hydrogen) atoms. The molecule has 0 fully saturated rings. The minimum absolute atomic E-state index is 0.00645. The summed E-state index contributed by atoms with van der Waals surface area (Å²) in [7, 11) is 1.51. The first-order valence-electron chi connectivity index (χ1n) is 7.73. The largest absolute Gasteiger partial charge is 0.463 e. The van der Waals surface area contributed by atoms with E-state index in [1.807, 2.05) is 0 Å². The maximum absolute atomic E-state index is 12.6. The molecular weight excluding hydrogens is 321 g/mol. The fourth-order valence-corrected chi connectivity index (χ4v) is 2.34. The monoisotopic (exact) mass is 344 g/mol. The van der Waals surface area contributed by atoms with Crippen molar-refractivity contribution in [3.05, 3.63) is 48.0 Å². The van der Waals surface area contributed by atoms with Crippen LogP contribution < -0.4 is 0 Å². The van der Waals surface area contributed by atoms with E-state index in [-0.39, 0.29) is 24.4 Å². The highest BCUT2D eigenvalue weighted by Crippen LogP contribution is 2.29. The number of esters is 1. The van der Waals surface area contributed by atoms with Crippen LogP contribution in [0.5, 0.6) is 0 Å². The molecule has 0 bridgehead atoms. The van der Waals surface area contributed by atoms with Crippen molar-refractivity contribution >= 4 is 5.97 Å². The van der Waals surface area contributed by atoms with Gasteiger partial charge in [-0.3, -0.25) is 4.79 Å². The molecule has 6 heteroatoms. The minimum Gasteiger partial charge on any atom is -0.463 e. The van der Waals surface area contributed by atoms with Crippen LogP contribution in [-0.2, 0) is 26.9 Å². The molecule has 0 N–H and O–H groups in total. The lowest BCUT2D eigenvalue weighted by Crippen LogP contribution is -2.19. The second kappa shape index (κ2) is 9.47. The maximum atomic E-state index is 12.6. The third-order valence-corrected chi connectivity index (χ3v) is 3.59. The van der Waals surface area contributed by atoms with Crippen LogP contribution in [0, 0.1) is 5.92 Å². The number of allylic oxidation sites excluding steroid dienone is 1. The Morgan fingerprint density at radius 1 is 1.29 bits per heavy atom. The number of halogens is 3. The number of methoxy groups -OCH3 is 1. The summed E-state index contributed by atoms with van der Waals surface area (Å²) in [5, 5.41) is 0. The highest BCUT2D eigenvalue weighted by atomic mass is 19.4. The molecule has 0 amide bonds. The van der Waals surface area contributed by atoms with Gasteiger partial charge in [0.05, 0.1) is 24.7 Å². The van der Waals surface area contributed by atoms with Crippen LogP contribution in [0.1, 0.15) is 30.9 Å². The summed E-state index contributed by atoms with van der Waals surface area (Å²) < 4.78 is 47.8. The Morgan fingerprint density at radius 3 is 2.42 bits per heavy atom. The lowest BCUT2D eigenvalue weighted by Gasteiger charge is -2.19. The standard InChI is InChI=1S/C18H23F3O3/c1-4-14(11-13(2)24-17(22)9-10-23-3)12-15-5-7-16(8-6-15)18(19,20)21/h4-8,13-14H,1,9-12H2,2-3H3. The normalized spacial score (nSPS) is 14.0. The Bertz CT molecular complexity index is 523. The van der Waals surface area contributed by atoms with E-state index in [9.17, 15) is 18.0 Å². The van der Waals surface area contributed by atoms with Crippen LogP contribution in [0.2, 0.25) is 0 Å². The molecule has 0 aliphatic heterocycles. The van der Waals surface area contributed by atoms with Gasteiger partial charge in [-0.25, -0.2) is 0 Å². The van der Waals surface area contributed by atoms with E-state index < -0.39 is 11.7 Å². The molecule has 0 spiro atoms. The third kappa shape index (κ3) is 7.17. The van der Waals surface area contributed by atoms with Crippen LogP contribution in [0.15, 0.2) is 36.9 Å². The van der Waals surface area contributed by atoms with E-state index in [1.165, 1.54) is 19.2 Å². The van der Waals surface area contributed by atoms with E-state index >= 15 is 0 Å². The lowest BCUT2D eigenvalue weighted by atomic mass is 9.93. The van der Waals surface area contributed by atoms with Crippen LogP contribution >= 0.6 is 0 Å². The molecule has 0 heterocycles. The molecule has 1 aromatic rings. The Hall–Kier alpha value is -1.82. The lowest BCUT2D eigenvalue weighted by molar-refractivity contribution is -0.149. The molecular formula is C18H23F3O3. The second-order valence-corrected chi connectivity index (χ2v) is 5.67. The first-order valence-corrected chi connectivity index (χ1v) is 7.73. The van der Waals surface area contributed by atoms with Gasteiger partial charge in [-0.1, -0.05) is 18.2 Å². The van der Waals surface area contributed by atoms with Crippen molar-refractivity contribution < 1.29 is 27.4 Å². The van der Waals surface area contributed by atoms with E-state index in [1.54, 1.807) is 13.0 Å². The van der Waals surface area contributed by atoms with Crippen molar-refractivity contribution in [2.75, 3.05) is 13.7 Å². The number of carbonyl (C=O) groups is 1. The van der Waals surface area contributed by atoms with E-state index in [4.69, 9.17) is 9.47 Å². The smallest absolute Gasteiger partial charge is 0.416 e. The Balaban J connectivity index is 2.55. The van der Waals surface area contributed by atoms with Crippen LogP contribution in [0.3, 0.4) is 0 Å². The van der Waals surface area contributed by atoms with Crippen molar-refractivity contribution in [3.63, 3.8) is 0 Å². The average Bonchev–Trinajstić information content (AvgIpc) is 2.51. The molecule has 0 saturated carbocycles. The van der Waals surface area contributed by atoms with Crippen LogP contribution in [0.4, 0.5) is 13.2 Å². The summed E-state index contributed by atoms with van der Waals surface area (Å²) in [5.41, 5.74) is 0.118. The Kier molecular flexibility index (Phi) is 7.98. The van der Waals surface area contributed by atoms with E-state index in [0.717, 1.165) is 17.7 Å². The van der Waals surface area contributed by atoms with Gasteiger partial charge in [-0.05, 0) is 43.4 Å². The molecule has 3 nitrogen and oxygen atoms in total. The van der Waals surface area contributed by atoms with Gasteiger partial charge in [-0.2, -0.15) is 13.2 Å². The second-order valence-electron chi connectivity index (χ2n) is 5.67. The summed E-state index contributed by atoms with van der Waals surface area (Å²) in [6, 6.07) is 5.08. The van der Waals surface area contributed by atoms with Gasteiger partial charge in [0.1, 0.15) is 0 Å². The topological polar surface area (TPSA) is 35.5 Å². The number of hydrogen-bond acceptors (Lipinski definition) is 3. The summed E-state index contributed by atoms with van der Waals surface area (Å²) in [6.07, 6.45) is -1.60. The maximum Gasteiger partial charge on any atom is 0.416 e. The molecule has 2 atom stereocenters. The summed E-state index contributed by atoms with van der Waals surface area (Å²) in [4.78, 5) is 11.5. The zero-order chi connectivity index (χ0) is 18.2. The SMILES string of the molecule is C=CC(Cc1ccc(C(F)(F)F)cc1)CC(C)OC(=O)CCOC. The third-order valence-electron chi connectivity index (χ3n) is 3.59. The van der Waals surface area contributed by atoms with E-state index in [0.29, 0.717) is 19.4 Å². The number of ether oxygens (including phenoxy) is 2. The van der Waals surface area contributed by atoms with Crippen molar-refractivity contribution in [3.8, 4) is 0 Å². The molecule has 0 radical (unpaired) electrons. The van der Waals surface area contributed by atoms with Crippen molar-refractivity contribution in [1.29, 1.82) is 0 Å². The van der Waals surface area contributed by atoms with E-state index in [2.05, 4.69) is 6.58 Å². The quantitative estimate of drug-likeness (QED) is 0.492. The Morgan fingerprint density at radius 2 is 1.92 bits per heavy atom. The first kappa shape index (κ1) is 20.2. The summed E-state index contributed by atoms with van der Waals surface area (Å²) in [5.74, 6) is -0.325. The van der Waals surface area contributed by atoms with Gasteiger partial charge in [0.2, 0.25) is 0 Å². The molecule has 1 aromatic carbocycles. The predicted molar refractivity (Wildman–Crippen MR) is 85.5 cm³/mol. The molecule has 0 aliphatic rings. The number of rotatable bonds is 9. The van der Waals surface area contributed by atoms with Crippen molar-refractivity contribution in [1.82, 2.24) is 0 Å². The molecule has 1 rings (SSSR count). The Labute approximate surface area is 140 Å². The highest BCUT2D eigenvalue weighted by Gasteiger charge is 2.30. The zero-order valence-corrected chi connectivity index (χ0v) is 13.9. The molecule has 0 aliphatic carbocycles. The van der Waals surface area contributed by atoms with Gasteiger partial charge in [0, 0.05) is 7.11 Å². The molecule has 0 aromatic heterocycles. The fraction of sp³-hybridized carbons (Fsp3) is 0.500. The average molecular weight is 344 g/mol. The number of hydrogen-bond donors (Lipinski definition) is 0. The van der Waals surface area contributed by atoms with Crippen LogP contribution in [0.25, 0.3) is 0 Å². The number of benzene rings is 1. The molecule has 0 saturated heterocycles. The van der Waals surface area contributed by atoms with Crippen molar-refractivity contribution in [2.45, 2.75) is 38.5 Å². The van der Waals surface area contributed by atoms with Gasteiger partial charge >= 0.3 is 12.1 Å². The minimum atomic E-state index is -4.33. The van der Waals surface area contributed by atoms with Crippen molar-refractivity contribution in [2.24, 2.45) is 5.92 Å². The van der Waals surface area contributed by atoms with Gasteiger partial charge in [-0.15, -0.1) is 6.58 Å². The molecule has 2 unspecified atom stereocenters. The van der Waals surface area contributed by atoms with Gasteiger partial charge in [0.25, 0.3) is 0 Å². The highest BCUT2D eigenvalue weighted by molar-refractivity contribution is 5.69. The summed E-state index contributed by atoms with van der Waals surface area (Å²) in [6.45, 7) is 5.85. The van der Waals surface area contributed by atoms with Gasteiger partial charge < -0.3 is 9.47 Å². The van der Waals surface area contributed by atoms with Gasteiger partial charge in [0.15, 0.2) is 0 Å². The predicted octanol–water partition coefficient (Wildman–Crippen LogP) is 4.41. The fourth-order valence-electron chi connectivity index (χ4n) is 2.34. The summed E-state index contributed by atoms with van der Waals surface area (Å²) >= 11 is 0.